The Bertz CT molecular complexity index is 286. The lowest BCUT2D eigenvalue weighted by Gasteiger charge is -2.09. The van der Waals surface area contributed by atoms with E-state index in [1.807, 2.05) is 0 Å². The highest BCUT2D eigenvalue weighted by atomic mass is 14.1. The highest BCUT2D eigenvalue weighted by Gasteiger charge is 2.01. The minimum Gasteiger partial charge on any atom is -0.0791 e. The zero-order chi connectivity index (χ0) is 11.9. The van der Waals surface area contributed by atoms with Crippen LogP contribution in [0.25, 0.3) is 0 Å². The van der Waals surface area contributed by atoms with Gasteiger partial charge in [0.1, 0.15) is 0 Å². The van der Waals surface area contributed by atoms with Crippen LogP contribution in [0.3, 0.4) is 0 Å². The van der Waals surface area contributed by atoms with E-state index in [0.717, 1.165) is 0 Å². The summed E-state index contributed by atoms with van der Waals surface area (Å²) in [4.78, 5) is 0. The fourth-order valence-corrected chi connectivity index (χ4v) is 0.936. The molecule has 0 N–H and O–H groups in total. The summed E-state index contributed by atoms with van der Waals surface area (Å²) in [6.45, 7) is 12.9. The molecule has 15 heavy (non-hydrogen) atoms. The van der Waals surface area contributed by atoms with Crippen molar-refractivity contribution in [1.82, 2.24) is 0 Å². The van der Waals surface area contributed by atoms with E-state index in [1.54, 1.807) is 0 Å². The Balaban J connectivity index is 4.29. The summed E-state index contributed by atoms with van der Waals surface area (Å²) in [5, 5.41) is 0. The van der Waals surface area contributed by atoms with Crippen LogP contribution >= 0.6 is 0 Å². The third-order valence-corrected chi connectivity index (χ3v) is 1.74. The van der Waals surface area contributed by atoms with Crippen LogP contribution in [-0.2, 0) is 0 Å². The molecule has 0 aromatic heterocycles. The Morgan fingerprint density at radius 3 is 1.93 bits per heavy atom. The van der Waals surface area contributed by atoms with Crippen molar-refractivity contribution in [3.63, 3.8) is 0 Å². The smallest absolute Gasteiger partial charge is 0.0200 e. The standard InChI is InChI=1S/C15H24/c1-13(2)9-7-10-14(3)11-8-12-15(4,5)6/h7-12H,1-6H3/b10-7+,12-8+,14-11+. The molecule has 0 aromatic rings. The summed E-state index contributed by atoms with van der Waals surface area (Å²) < 4.78 is 0. The zero-order valence-electron chi connectivity index (χ0n) is 11.0. The van der Waals surface area contributed by atoms with Gasteiger partial charge in [-0.05, 0) is 26.2 Å². The number of hydrogen-bond acceptors (Lipinski definition) is 0. The summed E-state index contributed by atoms with van der Waals surface area (Å²) in [6.07, 6.45) is 12.8. The molecule has 0 aliphatic carbocycles. The molecule has 0 aliphatic heterocycles. The van der Waals surface area contributed by atoms with Gasteiger partial charge >= 0.3 is 0 Å². The minimum absolute atomic E-state index is 0.264. The minimum atomic E-state index is 0.264. The second-order valence-electron chi connectivity index (χ2n) is 5.24. The zero-order valence-corrected chi connectivity index (χ0v) is 11.0. The van der Waals surface area contributed by atoms with E-state index in [2.05, 4.69) is 78.0 Å². The summed E-state index contributed by atoms with van der Waals surface area (Å²) in [6, 6.07) is 0. The molecule has 0 heteroatoms. The van der Waals surface area contributed by atoms with E-state index in [4.69, 9.17) is 0 Å². The van der Waals surface area contributed by atoms with Crippen molar-refractivity contribution in [1.29, 1.82) is 0 Å². The van der Waals surface area contributed by atoms with E-state index in [9.17, 15) is 0 Å². The van der Waals surface area contributed by atoms with Crippen LogP contribution in [-0.4, -0.2) is 0 Å². The van der Waals surface area contributed by atoms with Gasteiger partial charge < -0.3 is 0 Å². The molecule has 0 amide bonds. The van der Waals surface area contributed by atoms with Gasteiger partial charge in [0.2, 0.25) is 0 Å². The molecule has 0 rings (SSSR count). The van der Waals surface area contributed by atoms with Crippen molar-refractivity contribution in [3.8, 4) is 0 Å². The third-order valence-electron chi connectivity index (χ3n) is 1.74. The monoisotopic (exact) mass is 204 g/mol. The van der Waals surface area contributed by atoms with E-state index in [0.29, 0.717) is 0 Å². The maximum Gasteiger partial charge on any atom is -0.0200 e. The van der Waals surface area contributed by atoms with Gasteiger partial charge in [-0.1, -0.05) is 68.4 Å². The number of allylic oxidation sites excluding steroid dienone is 8. The first-order valence-electron chi connectivity index (χ1n) is 5.49. The molecular weight excluding hydrogens is 180 g/mol. The fraction of sp³-hybridized carbons (Fsp3) is 0.467. The van der Waals surface area contributed by atoms with Gasteiger partial charge in [-0.15, -0.1) is 0 Å². The van der Waals surface area contributed by atoms with Crippen molar-refractivity contribution in [2.24, 2.45) is 5.41 Å². The van der Waals surface area contributed by atoms with Gasteiger partial charge in [-0.3, -0.25) is 0 Å². The topological polar surface area (TPSA) is 0 Å². The molecule has 0 unspecified atom stereocenters. The van der Waals surface area contributed by atoms with Crippen molar-refractivity contribution in [2.45, 2.75) is 41.5 Å². The lowest BCUT2D eigenvalue weighted by molar-refractivity contribution is 0.544. The van der Waals surface area contributed by atoms with Gasteiger partial charge in [-0.2, -0.15) is 0 Å². The van der Waals surface area contributed by atoms with Crippen molar-refractivity contribution < 1.29 is 0 Å². The Hall–Kier alpha value is -1.04. The Labute approximate surface area is 95.1 Å². The Kier molecular flexibility index (Phi) is 6.00. The molecule has 0 nitrogen and oxygen atoms in total. The molecule has 0 radical (unpaired) electrons. The summed E-state index contributed by atoms with van der Waals surface area (Å²) in [7, 11) is 0. The molecule has 0 aromatic carbocycles. The van der Waals surface area contributed by atoms with Crippen LogP contribution in [0.4, 0.5) is 0 Å². The quantitative estimate of drug-likeness (QED) is 0.564. The van der Waals surface area contributed by atoms with E-state index in [-0.39, 0.29) is 5.41 Å². The summed E-state index contributed by atoms with van der Waals surface area (Å²) in [5.41, 5.74) is 2.86. The Morgan fingerprint density at radius 2 is 1.47 bits per heavy atom. The highest BCUT2D eigenvalue weighted by molar-refractivity contribution is 5.25. The van der Waals surface area contributed by atoms with E-state index < -0.39 is 0 Å². The van der Waals surface area contributed by atoms with Gasteiger partial charge in [0.15, 0.2) is 0 Å². The molecule has 0 atom stereocenters. The normalized spacial score (nSPS) is 13.9. The molecule has 0 aliphatic rings. The Morgan fingerprint density at radius 1 is 0.867 bits per heavy atom. The molecule has 0 spiro atoms. The molecule has 84 valence electrons. The predicted molar refractivity (Wildman–Crippen MR) is 70.9 cm³/mol. The van der Waals surface area contributed by atoms with Gasteiger partial charge in [0.25, 0.3) is 0 Å². The molecule has 0 saturated heterocycles. The first-order chi connectivity index (χ1) is 6.81. The summed E-state index contributed by atoms with van der Waals surface area (Å²) >= 11 is 0. The molecule has 0 heterocycles. The second-order valence-corrected chi connectivity index (χ2v) is 5.24. The molecule has 0 fully saturated rings. The average molecular weight is 204 g/mol. The predicted octanol–water partition coefficient (Wildman–Crippen LogP) is 5.06. The number of hydrogen-bond donors (Lipinski definition) is 0. The van der Waals surface area contributed by atoms with Gasteiger partial charge in [0.05, 0.1) is 0 Å². The SMILES string of the molecule is CC(C)=C/C=C/C(C)=C/C=C/C(C)(C)C. The maximum atomic E-state index is 2.21. The lowest BCUT2D eigenvalue weighted by atomic mass is 9.96. The lowest BCUT2D eigenvalue weighted by Crippen LogP contribution is -1.97. The van der Waals surface area contributed by atoms with Crippen LogP contribution in [0.5, 0.6) is 0 Å². The third kappa shape index (κ3) is 10.9. The van der Waals surface area contributed by atoms with Crippen molar-refractivity contribution >= 4 is 0 Å². The fourth-order valence-electron chi connectivity index (χ4n) is 0.936. The summed E-state index contributed by atoms with van der Waals surface area (Å²) in [5.74, 6) is 0. The average Bonchev–Trinajstić information content (AvgIpc) is 2.00. The molecule has 0 bridgehead atoms. The maximum absolute atomic E-state index is 2.21. The van der Waals surface area contributed by atoms with E-state index >= 15 is 0 Å². The molecule has 0 saturated carbocycles. The van der Waals surface area contributed by atoms with Crippen LogP contribution in [0.1, 0.15) is 41.5 Å². The van der Waals surface area contributed by atoms with Gasteiger partial charge in [-0.25, -0.2) is 0 Å². The van der Waals surface area contributed by atoms with Crippen LogP contribution in [0, 0.1) is 5.41 Å². The van der Waals surface area contributed by atoms with Crippen LogP contribution < -0.4 is 0 Å². The van der Waals surface area contributed by atoms with Crippen LogP contribution in [0.15, 0.2) is 47.6 Å². The molecular formula is C15H24. The van der Waals surface area contributed by atoms with Gasteiger partial charge in [0, 0.05) is 0 Å². The first-order valence-corrected chi connectivity index (χ1v) is 5.49. The van der Waals surface area contributed by atoms with E-state index in [1.165, 1.54) is 11.1 Å². The number of rotatable bonds is 3. The van der Waals surface area contributed by atoms with Crippen molar-refractivity contribution in [3.05, 3.63) is 47.6 Å². The van der Waals surface area contributed by atoms with Crippen molar-refractivity contribution in [2.75, 3.05) is 0 Å². The van der Waals surface area contributed by atoms with Crippen LogP contribution in [0.2, 0.25) is 0 Å². The highest BCUT2D eigenvalue weighted by Crippen LogP contribution is 2.14. The largest absolute Gasteiger partial charge is 0.0791 e. The first kappa shape index (κ1) is 14.0. The second kappa shape index (κ2) is 6.44.